The fourth-order valence-corrected chi connectivity index (χ4v) is 0. The fraction of sp³-hybridized carbons (Fsp3) is 1.00. The molecule has 0 bridgehead atoms. The maximum Gasteiger partial charge on any atom is 0 e. The zero-order valence-corrected chi connectivity index (χ0v) is 4.83. The second-order valence-electron chi connectivity index (χ2n) is 0.707. The zero-order chi connectivity index (χ0) is 2.71. The van der Waals surface area contributed by atoms with Gasteiger partial charge in [0.05, 0.1) is 0 Å². The molecule has 4 heavy (non-hydrogen) atoms. The Morgan fingerprint density at radius 1 is 1.25 bits per heavy atom. The maximum atomic E-state index is 2.12. The standard InChI is InChI=1S/C3H8.Mg/c1-3-2;/h3H2,1-2H3;. The monoisotopic (exact) mass is 68.0 g/mol. The summed E-state index contributed by atoms with van der Waals surface area (Å²) in [5.41, 5.74) is 0. The molecule has 0 spiro atoms. The average Bonchev–Trinajstić information content (AvgIpc) is 0.918. The van der Waals surface area contributed by atoms with E-state index in [1.807, 2.05) is 0 Å². The second-order valence-corrected chi connectivity index (χ2v) is 0.707. The van der Waals surface area contributed by atoms with Crippen molar-refractivity contribution in [3.8, 4) is 0 Å². The van der Waals surface area contributed by atoms with Crippen molar-refractivity contribution in [3.63, 3.8) is 0 Å². The Morgan fingerprint density at radius 2 is 1.25 bits per heavy atom. The van der Waals surface area contributed by atoms with E-state index in [4.69, 9.17) is 0 Å². The lowest BCUT2D eigenvalue weighted by Gasteiger charge is -1.48. The van der Waals surface area contributed by atoms with Crippen LogP contribution in [0, 0.1) is 0 Å². The highest BCUT2D eigenvalue weighted by atomic mass is 24.3. The van der Waals surface area contributed by atoms with Crippen molar-refractivity contribution >= 4 is 23.1 Å². The van der Waals surface area contributed by atoms with Crippen LogP contribution in [-0.2, 0) is 0 Å². The van der Waals surface area contributed by atoms with Crippen LogP contribution in [0.15, 0.2) is 0 Å². The van der Waals surface area contributed by atoms with Crippen LogP contribution in [-0.4, -0.2) is 23.1 Å². The normalized spacial score (nSPS) is 4.50. The van der Waals surface area contributed by atoms with Crippen LogP contribution in [0.4, 0.5) is 0 Å². The van der Waals surface area contributed by atoms with Crippen molar-refractivity contribution in [1.29, 1.82) is 0 Å². The van der Waals surface area contributed by atoms with Crippen molar-refractivity contribution in [2.45, 2.75) is 20.3 Å². The maximum absolute atomic E-state index is 2.12. The molecule has 2 radical (unpaired) electrons. The van der Waals surface area contributed by atoms with Crippen LogP contribution >= 0.6 is 0 Å². The van der Waals surface area contributed by atoms with E-state index < -0.39 is 0 Å². The van der Waals surface area contributed by atoms with Crippen LogP contribution in [0.25, 0.3) is 0 Å². The molecule has 22 valence electrons. The molecule has 0 aromatic carbocycles. The lowest BCUT2D eigenvalue weighted by atomic mass is 10.6. The summed E-state index contributed by atoms with van der Waals surface area (Å²) in [5, 5.41) is 0. The molecule has 0 aliphatic carbocycles. The van der Waals surface area contributed by atoms with Gasteiger partial charge in [0.25, 0.3) is 0 Å². The Balaban J connectivity index is 0. The van der Waals surface area contributed by atoms with E-state index in [-0.39, 0.29) is 23.1 Å². The number of hydrogen-bond acceptors (Lipinski definition) is 0. The highest BCUT2D eigenvalue weighted by Gasteiger charge is 1.35. The summed E-state index contributed by atoms with van der Waals surface area (Å²) in [4.78, 5) is 0. The van der Waals surface area contributed by atoms with Crippen LogP contribution < -0.4 is 0 Å². The molecule has 0 aliphatic heterocycles. The van der Waals surface area contributed by atoms with Gasteiger partial charge < -0.3 is 0 Å². The predicted octanol–water partition coefficient (Wildman–Crippen LogP) is 1.04. The van der Waals surface area contributed by atoms with Crippen LogP contribution in [0.1, 0.15) is 20.3 Å². The van der Waals surface area contributed by atoms with Crippen molar-refractivity contribution in [2.24, 2.45) is 0 Å². The first kappa shape index (κ1) is 8.84. The summed E-state index contributed by atoms with van der Waals surface area (Å²) < 4.78 is 0. The summed E-state index contributed by atoms with van der Waals surface area (Å²) in [7, 11) is 0. The Hall–Kier alpha value is 0.766. The highest BCUT2D eigenvalue weighted by molar-refractivity contribution is 5.75. The highest BCUT2D eigenvalue weighted by Crippen LogP contribution is 1.56. The molecule has 0 fully saturated rings. The smallest absolute Gasteiger partial charge is 0 e. The Kier molecular flexibility index (Phi) is 20.4. The van der Waals surface area contributed by atoms with E-state index in [2.05, 4.69) is 13.8 Å². The summed E-state index contributed by atoms with van der Waals surface area (Å²) in [6.07, 6.45) is 1.25. The Morgan fingerprint density at radius 3 is 1.25 bits per heavy atom. The Bertz CT molecular complexity index is 3.25. The molecular formula is C3H8Mg. The van der Waals surface area contributed by atoms with E-state index in [1.165, 1.54) is 6.42 Å². The first-order chi connectivity index (χ1) is 1.41. The van der Waals surface area contributed by atoms with Gasteiger partial charge in [-0.05, 0) is 0 Å². The molecule has 0 unspecified atom stereocenters. The molecule has 0 aliphatic rings. The van der Waals surface area contributed by atoms with Gasteiger partial charge in [0, 0.05) is 23.1 Å². The summed E-state index contributed by atoms with van der Waals surface area (Å²) >= 11 is 0. The molecule has 0 saturated heterocycles. The van der Waals surface area contributed by atoms with Crippen LogP contribution in [0.2, 0.25) is 0 Å². The van der Waals surface area contributed by atoms with Crippen LogP contribution in [0.3, 0.4) is 0 Å². The molecule has 0 aromatic heterocycles. The van der Waals surface area contributed by atoms with Crippen LogP contribution in [0.5, 0.6) is 0 Å². The summed E-state index contributed by atoms with van der Waals surface area (Å²) in [6.45, 7) is 4.25. The van der Waals surface area contributed by atoms with Crippen molar-refractivity contribution in [1.82, 2.24) is 0 Å². The molecule has 0 rings (SSSR count). The first-order valence-corrected chi connectivity index (χ1v) is 1.41. The topological polar surface area (TPSA) is 0 Å². The van der Waals surface area contributed by atoms with E-state index in [0.717, 1.165) is 0 Å². The number of hydrogen-bond donors (Lipinski definition) is 0. The molecule has 0 saturated carbocycles. The van der Waals surface area contributed by atoms with Crippen molar-refractivity contribution < 1.29 is 0 Å². The zero-order valence-electron chi connectivity index (χ0n) is 3.41. The van der Waals surface area contributed by atoms with Crippen molar-refractivity contribution in [2.75, 3.05) is 0 Å². The summed E-state index contributed by atoms with van der Waals surface area (Å²) in [6, 6.07) is 0. The van der Waals surface area contributed by atoms with E-state index >= 15 is 0 Å². The summed E-state index contributed by atoms with van der Waals surface area (Å²) in [5.74, 6) is 0. The third-order valence-electron chi connectivity index (χ3n) is 0. The minimum Gasteiger partial charge on any atom is -0.0656 e. The van der Waals surface area contributed by atoms with Gasteiger partial charge in [-0.1, -0.05) is 20.3 Å². The lowest BCUT2D eigenvalue weighted by molar-refractivity contribution is 1.09. The molecule has 0 heterocycles. The third-order valence-corrected chi connectivity index (χ3v) is 0. The lowest BCUT2D eigenvalue weighted by Crippen LogP contribution is -1.27. The quantitative estimate of drug-likeness (QED) is 0.372. The molecule has 0 atom stereocenters. The van der Waals surface area contributed by atoms with Gasteiger partial charge in [-0.2, -0.15) is 0 Å². The van der Waals surface area contributed by atoms with Gasteiger partial charge in [0.1, 0.15) is 0 Å². The molecule has 0 nitrogen and oxygen atoms in total. The number of rotatable bonds is 0. The van der Waals surface area contributed by atoms with Gasteiger partial charge in [0.2, 0.25) is 0 Å². The van der Waals surface area contributed by atoms with Gasteiger partial charge in [-0.15, -0.1) is 0 Å². The molecule has 1 heteroatoms. The second kappa shape index (κ2) is 9.24. The minimum absolute atomic E-state index is 0. The van der Waals surface area contributed by atoms with Gasteiger partial charge >= 0.3 is 0 Å². The van der Waals surface area contributed by atoms with E-state index in [0.29, 0.717) is 0 Å². The van der Waals surface area contributed by atoms with E-state index in [9.17, 15) is 0 Å². The van der Waals surface area contributed by atoms with E-state index in [1.54, 1.807) is 0 Å². The van der Waals surface area contributed by atoms with Gasteiger partial charge in [-0.3, -0.25) is 0 Å². The Labute approximate surface area is 43.7 Å². The fourth-order valence-electron chi connectivity index (χ4n) is 0. The average molecular weight is 68.4 g/mol. The van der Waals surface area contributed by atoms with Gasteiger partial charge in [0.15, 0.2) is 0 Å². The van der Waals surface area contributed by atoms with Crippen molar-refractivity contribution in [3.05, 3.63) is 0 Å². The first-order valence-electron chi connectivity index (χ1n) is 1.41. The molecular weight excluding hydrogens is 60.3 g/mol. The molecule has 0 amide bonds. The molecule has 0 N–H and O–H groups in total. The minimum atomic E-state index is 0. The largest absolute Gasteiger partial charge is 0.0656 e. The molecule has 0 aromatic rings. The SMILES string of the molecule is CCC.[Mg]. The predicted molar refractivity (Wildman–Crippen MR) is 21.7 cm³/mol. The van der Waals surface area contributed by atoms with Gasteiger partial charge in [-0.25, -0.2) is 0 Å². The third kappa shape index (κ3) is 14.7.